The molecular weight excluding hydrogens is 375 g/mol. The van der Waals surface area contributed by atoms with E-state index in [0.29, 0.717) is 15.9 Å². The summed E-state index contributed by atoms with van der Waals surface area (Å²) in [6, 6.07) is 11.4. The van der Waals surface area contributed by atoms with Gasteiger partial charge in [-0.1, -0.05) is 47.2 Å². The topological polar surface area (TPSA) is 71.2 Å². The number of H-pyrrole nitrogens is 1. The van der Waals surface area contributed by atoms with E-state index in [9.17, 15) is 9.59 Å². The number of benzene rings is 1. The van der Waals surface area contributed by atoms with Gasteiger partial charge in [0.1, 0.15) is 5.15 Å². The van der Waals surface area contributed by atoms with Crippen molar-refractivity contribution in [3.63, 3.8) is 0 Å². The number of rotatable bonds is 2. The number of amides is 1. The SMILES string of the molecule is O=C(Nc1cccc(Cl)c1)OCC#CCCl.O=c1cccc(Cl)[nH]1. The molecule has 0 aliphatic rings. The van der Waals surface area contributed by atoms with E-state index in [2.05, 4.69) is 22.1 Å². The molecule has 0 fully saturated rings. The van der Waals surface area contributed by atoms with E-state index in [4.69, 9.17) is 39.5 Å². The number of ether oxygens (including phenoxy) is 1. The lowest BCUT2D eigenvalue weighted by Crippen LogP contribution is -2.13. The molecule has 5 nitrogen and oxygen atoms in total. The number of anilines is 1. The van der Waals surface area contributed by atoms with Crippen molar-refractivity contribution in [2.45, 2.75) is 0 Å². The maximum absolute atomic E-state index is 11.2. The highest BCUT2D eigenvalue weighted by Gasteiger charge is 2.01. The molecule has 2 aromatic rings. The van der Waals surface area contributed by atoms with Gasteiger partial charge in [0.05, 0.1) is 5.88 Å². The highest BCUT2D eigenvalue weighted by Crippen LogP contribution is 2.14. The second-order valence-corrected chi connectivity index (χ2v) is 5.17. The molecule has 1 aromatic carbocycles. The highest BCUT2D eigenvalue weighted by molar-refractivity contribution is 6.30. The zero-order chi connectivity index (χ0) is 17.8. The average Bonchev–Trinajstić information content (AvgIpc) is 2.52. The lowest BCUT2D eigenvalue weighted by atomic mass is 10.3. The Morgan fingerprint density at radius 3 is 2.50 bits per heavy atom. The maximum Gasteiger partial charge on any atom is 0.412 e. The second-order valence-electron chi connectivity index (χ2n) is 4.06. The van der Waals surface area contributed by atoms with Crippen LogP contribution >= 0.6 is 34.8 Å². The van der Waals surface area contributed by atoms with Crippen LogP contribution in [0.25, 0.3) is 0 Å². The molecule has 0 bridgehead atoms. The monoisotopic (exact) mass is 386 g/mol. The molecule has 0 unspecified atom stereocenters. The molecule has 0 saturated carbocycles. The van der Waals surface area contributed by atoms with Gasteiger partial charge in [-0.25, -0.2) is 4.79 Å². The quantitative estimate of drug-likeness (QED) is 0.462. The summed E-state index contributed by atoms with van der Waals surface area (Å²) in [7, 11) is 0. The van der Waals surface area contributed by atoms with E-state index < -0.39 is 6.09 Å². The number of hydrogen-bond donors (Lipinski definition) is 2. The van der Waals surface area contributed by atoms with Crippen molar-refractivity contribution in [2.75, 3.05) is 17.8 Å². The summed E-state index contributed by atoms with van der Waals surface area (Å²) in [5.74, 6) is 5.36. The molecule has 126 valence electrons. The van der Waals surface area contributed by atoms with Crippen LogP contribution in [0.3, 0.4) is 0 Å². The number of alkyl halides is 1. The molecule has 0 spiro atoms. The van der Waals surface area contributed by atoms with Gasteiger partial charge in [0.15, 0.2) is 6.61 Å². The van der Waals surface area contributed by atoms with Gasteiger partial charge in [-0.15, -0.1) is 11.6 Å². The molecular formula is C16H13Cl3N2O3. The van der Waals surface area contributed by atoms with Gasteiger partial charge < -0.3 is 9.72 Å². The van der Waals surface area contributed by atoms with Crippen molar-refractivity contribution in [3.05, 3.63) is 63.0 Å². The summed E-state index contributed by atoms with van der Waals surface area (Å²) in [6.45, 7) is 0.0130. The van der Waals surface area contributed by atoms with E-state index in [1.54, 1.807) is 36.4 Å². The van der Waals surface area contributed by atoms with Crippen molar-refractivity contribution in [2.24, 2.45) is 0 Å². The Balaban J connectivity index is 0.000000300. The Morgan fingerprint density at radius 1 is 1.17 bits per heavy atom. The van der Waals surface area contributed by atoms with Crippen LogP contribution in [0, 0.1) is 11.8 Å². The van der Waals surface area contributed by atoms with Gasteiger partial charge >= 0.3 is 6.09 Å². The lowest BCUT2D eigenvalue weighted by molar-refractivity contribution is 0.176. The highest BCUT2D eigenvalue weighted by atomic mass is 35.5. The normalized spacial score (nSPS) is 8.96. The van der Waals surface area contributed by atoms with Crippen molar-refractivity contribution >= 4 is 46.6 Å². The van der Waals surface area contributed by atoms with E-state index in [1.165, 1.54) is 6.07 Å². The third kappa shape index (κ3) is 9.11. The van der Waals surface area contributed by atoms with Gasteiger partial charge in [-0.2, -0.15) is 0 Å². The molecule has 24 heavy (non-hydrogen) atoms. The fourth-order valence-corrected chi connectivity index (χ4v) is 1.79. The summed E-state index contributed by atoms with van der Waals surface area (Å²) in [6.07, 6.45) is -0.578. The number of carbonyl (C=O) groups excluding carboxylic acids is 1. The predicted molar refractivity (Wildman–Crippen MR) is 97.0 cm³/mol. The number of pyridine rings is 1. The molecule has 1 amide bonds. The first-order chi connectivity index (χ1) is 11.5. The zero-order valence-electron chi connectivity index (χ0n) is 12.3. The molecule has 0 saturated heterocycles. The molecule has 0 atom stereocenters. The Morgan fingerprint density at radius 2 is 1.92 bits per heavy atom. The number of halogens is 3. The van der Waals surface area contributed by atoms with Crippen LogP contribution in [0.15, 0.2) is 47.3 Å². The first-order valence-electron chi connectivity index (χ1n) is 6.57. The molecule has 2 rings (SSSR count). The summed E-state index contributed by atoms with van der Waals surface area (Å²) in [4.78, 5) is 23.9. The van der Waals surface area contributed by atoms with Crippen LogP contribution in [0.2, 0.25) is 10.2 Å². The Bertz CT molecular complexity index is 782. The van der Waals surface area contributed by atoms with E-state index in [0.717, 1.165) is 0 Å². The Labute approximate surface area is 153 Å². The molecule has 0 radical (unpaired) electrons. The molecule has 0 aliphatic carbocycles. The van der Waals surface area contributed by atoms with Crippen molar-refractivity contribution < 1.29 is 9.53 Å². The van der Waals surface area contributed by atoms with Gasteiger partial charge in [-0.05, 0) is 24.3 Å². The Kier molecular flexibility index (Phi) is 9.47. The predicted octanol–water partition coefficient (Wildman–Crippen LogP) is 4.16. The van der Waals surface area contributed by atoms with Gasteiger partial charge in [0, 0.05) is 16.8 Å². The zero-order valence-corrected chi connectivity index (χ0v) is 14.6. The minimum absolute atomic E-state index is 0.0130. The van der Waals surface area contributed by atoms with E-state index in [-0.39, 0.29) is 18.0 Å². The van der Waals surface area contributed by atoms with Crippen LogP contribution in [-0.4, -0.2) is 23.6 Å². The third-order valence-electron chi connectivity index (χ3n) is 2.27. The minimum atomic E-state index is -0.578. The first kappa shape index (κ1) is 19.9. The second kappa shape index (κ2) is 11.4. The number of nitrogens with one attached hydrogen (secondary N) is 2. The van der Waals surface area contributed by atoms with E-state index in [1.807, 2.05) is 0 Å². The molecule has 8 heteroatoms. The molecule has 2 N–H and O–H groups in total. The summed E-state index contributed by atoms with van der Waals surface area (Å²) >= 11 is 16.5. The van der Waals surface area contributed by atoms with Crippen LogP contribution in [-0.2, 0) is 4.74 Å². The van der Waals surface area contributed by atoms with Gasteiger partial charge in [0.25, 0.3) is 0 Å². The lowest BCUT2D eigenvalue weighted by Gasteiger charge is -2.04. The summed E-state index contributed by atoms with van der Waals surface area (Å²) in [5, 5.41) is 3.43. The first-order valence-corrected chi connectivity index (χ1v) is 7.86. The molecule has 0 aliphatic heterocycles. The number of aromatic amines is 1. The van der Waals surface area contributed by atoms with Crippen molar-refractivity contribution in [1.82, 2.24) is 4.98 Å². The smallest absolute Gasteiger partial charge is 0.412 e. The van der Waals surface area contributed by atoms with Crippen molar-refractivity contribution in [1.29, 1.82) is 0 Å². The van der Waals surface area contributed by atoms with Crippen LogP contribution in [0.4, 0.5) is 10.5 Å². The minimum Gasteiger partial charge on any atom is -0.436 e. The summed E-state index contributed by atoms with van der Waals surface area (Å²) < 4.78 is 4.76. The standard InChI is InChI=1S/C11H9Cl2NO2.C5H4ClNO/c12-6-1-2-7-16-11(15)14-10-5-3-4-9(13)8-10;6-4-2-1-3-5(8)7-4/h3-5,8H,6-7H2,(H,14,15);1-3H,(H,7,8). The average molecular weight is 388 g/mol. The molecule has 1 heterocycles. The number of carbonyl (C=O) groups is 1. The fourth-order valence-electron chi connectivity index (χ4n) is 1.34. The third-order valence-corrected chi connectivity index (χ3v) is 2.86. The largest absolute Gasteiger partial charge is 0.436 e. The number of hydrogen-bond acceptors (Lipinski definition) is 3. The van der Waals surface area contributed by atoms with Crippen molar-refractivity contribution in [3.8, 4) is 11.8 Å². The number of aromatic nitrogens is 1. The Hall–Kier alpha value is -2.13. The maximum atomic E-state index is 11.2. The fraction of sp³-hybridized carbons (Fsp3) is 0.125. The molecule has 1 aromatic heterocycles. The van der Waals surface area contributed by atoms with E-state index >= 15 is 0 Å². The van der Waals surface area contributed by atoms with Gasteiger partial charge in [-0.3, -0.25) is 10.1 Å². The van der Waals surface area contributed by atoms with Crippen LogP contribution in [0.5, 0.6) is 0 Å². The van der Waals surface area contributed by atoms with Gasteiger partial charge in [0.2, 0.25) is 5.56 Å². The van der Waals surface area contributed by atoms with Crippen LogP contribution < -0.4 is 10.9 Å². The van der Waals surface area contributed by atoms with Crippen LogP contribution in [0.1, 0.15) is 0 Å². The summed E-state index contributed by atoms with van der Waals surface area (Å²) in [5.41, 5.74) is 0.403.